The highest BCUT2D eigenvalue weighted by Gasteiger charge is 2.17. The Balaban J connectivity index is 0.00000256. The number of aromatic nitrogens is 2. The van der Waals surface area contributed by atoms with Crippen molar-refractivity contribution in [2.24, 2.45) is 0 Å². The lowest BCUT2D eigenvalue weighted by Gasteiger charge is -2.27. The molecule has 152 valence electrons. The fourth-order valence-electron chi connectivity index (χ4n) is 3.73. The third kappa shape index (κ3) is 5.01. The molecule has 4 rings (SSSR count). The first kappa shape index (κ1) is 19.6. The molecule has 0 aromatic carbocycles. The molecule has 0 bridgehead atoms. The van der Waals surface area contributed by atoms with Crippen molar-refractivity contribution in [2.45, 2.75) is 39.0 Å². The van der Waals surface area contributed by atoms with E-state index in [1.807, 2.05) is 17.9 Å². The predicted octanol–water partition coefficient (Wildman–Crippen LogP) is 5.07. The summed E-state index contributed by atoms with van der Waals surface area (Å²) in [6.45, 7) is 7.55. The molecule has 0 radical (unpaired) electrons. The molecule has 5 nitrogen and oxygen atoms in total. The Hall–Kier alpha value is -2.73. The van der Waals surface area contributed by atoms with Gasteiger partial charge >= 0.3 is 0 Å². The number of rotatable bonds is 3. The number of hydrogen-bond acceptors (Lipinski definition) is 5. The third-order valence-electron chi connectivity index (χ3n) is 5.33. The van der Waals surface area contributed by atoms with Crippen LogP contribution in [0.5, 0.6) is 0 Å². The third-order valence-corrected chi connectivity index (χ3v) is 6.12. The van der Waals surface area contributed by atoms with Gasteiger partial charge in [-0.3, -0.25) is 4.79 Å². The van der Waals surface area contributed by atoms with Crippen molar-refractivity contribution in [1.82, 2.24) is 14.9 Å². The number of allylic oxidation sites excluding steroid dienone is 1. The monoisotopic (exact) mass is 408 g/mol. The van der Waals surface area contributed by atoms with Gasteiger partial charge in [0.05, 0.1) is 10.7 Å². The van der Waals surface area contributed by atoms with E-state index in [-0.39, 0.29) is 7.33 Å². The van der Waals surface area contributed by atoms with Crippen LogP contribution in [-0.2, 0) is 11.2 Å². The van der Waals surface area contributed by atoms with Gasteiger partial charge in [0.25, 0.3) is 0 Å². The Morgan fingerprint density at radius 1 is 1.31 bits per heavy atom. The van der Waals surface area contributed by atoms with Crippen molar-refractivity contribution in [2.75, 3.05) is 18.4 Å². The number of aryl methyl sites for hydroxylation is 2. The first-order chi connectivity index (χ1) is 14.1. The van der Waals surface area contributed by atoms with Crippen molar-refractivity contribution < 1.29 is 6.22 Å². The first-order valence-corrected chi connectivity index (χ1v) is 11.0. The fraction of sp³-hybridized carbons (Fsp3) is 0.348. The van der Waals surface area contributed by atoms with Crippen LogP contribution >= 0.6 is 11.3 Å². The average Bonchev–Trinajstić information content (AvgIpc) is 3.02. The SMILES string of the molecule is C=C1CCCc2cc(/C=C/C(=O)N3CCC(=Cc4csc(C)n4)CC3)cnc2N1.[HH]. The summed E-state index contributed by atoms with van der Waals surface area (Å²) in [7, 11) is 0. The molecule has 0 aliphatic carbocycles. The lowest BCUT2D eigenvalue weighted by atomic mass is 10.0. The van der Waals surface area contributed by atoms with E-state index in [1.54, 1.807) is 23.6 Å². The number of fused-ring (bicyclic) bond motifs is 1. The van der Waals surface area contributed by atoms with E-state index in [1.165, 1.54) is 11.1 Å². The van der Waals surface area contributed by atoms with Gasteiger partial charge in [-0.1, -0.05) is 12.2 Å². The summed E-state index contributed by atoms with van der Waals surface area (Å²) >= 11 is 1.67. The van der Waals surface area contributed by atoms with Crippen LogP contribution in [0.1, 0.15) is 48.9 Å². The molecule has 0 atom stereocenters. The van der Waals surface area contributed by atoms with E-state index < -0.39 is 0 Å². The lowest BCUT2D eigenvalue weighted by Crippen LogP contribution is -2.35. The highest BCUT2D eigenvalue weighted by molar-refractivity contribution is 7.09. The van der Waals surface area contributed by atoms with Gasteiger partial charge < -0.3 is 10.2 Å². The number of carbonyl (C=O) groups is 1. The molecule has 2 aromatic heterocycles. The van der Waals surface area contributed by atoms with Crippen molar-refractivity contribution in [3.8, 4) is 0 Å². The maximum Gasteiger partial charge on any atom is 0.246 e. The van der Waals surface area contributed by atoms with E-state index in [9.17, 15) is 4.79 Å². The van der Waals surface area contributed by atoms with Gasteiger partial charge in [-0.2, -0.15) is 0 Å². The van der Waals surface area contributed by atoms with Crippen LogP contribution in [0, 0.1) is 6.92 Å². The predicted molar refractivity (Wildman–Crippen MR) is 122 cm³/mol. The summed E-state index contributed by atoms with van der Waals surface area (Å²) in [6.07, 6.45) is 12.3. The van der Waals surface area contributed by atoms with Crippen LogP contribution in [0.2, 0.25) is 0 Å². The van der Waals surface area contributed by atoms with Crippen LogP contribution in [0.3, 0.4) is 0 Å². The number of likely N-dealkylation sites (tertiary alicyclic amines) is 1. The number of nitrogens with one attached hydrogen (secondary N) is 1. The van der Waals surface area contributed by atoms with Gasteiger partial charge in [-0.25, -0.2) is 9.97 Å². The van der Waals surface area contributed by atoms with Crippen LogP contribution in [0.15, 0.2) is 41.6 Å². The summed E-state index contributed by atoms with van der Waals surface area (Å²) < 4.78 is 0. The molecule has 0 unspecified atom stereocenters. The van der Waals surface area contributed by atoms with E-state index in [0.29, 0.717) is 0 Å². The molecule has 4 heterocycles. The fourth-order valence-corrected chi connectivity index (χ4v) is 4.30. The number of carbonyl (C=O) groups excluding carboxylic acids is 1. The van der Waals surface area contributed by atoms with Crippen LogP contribution < -0.4 is 5.32 Å². The summed E-state index contributed by atoms with van der Waals surface area (Å²) in [4.78, 5) is 23.5. The van der Waals surface area contributed by atoms with E-state index >= 15 is 0 Å². The number of amides is 1. The largest absolute Gasteiger partial charge is 0.344 e. The molecule has 0 saturated carbocycles. The minimum absolute atomic E-state index is 0. The summed E-state index contributed by atoms with van der Waals surface area (Å²) in [5.74, 6) is 0.955. The van der Waals surface area contributed by atoms with E-state index in [0.717, 1.165) is 73.0 Å². The Labute approximate surface area is 177 Å². The molecule has 1 amide bonds. The second kappa shape index (κ2) is 8.74. The van der Waals surface area contributed by atoms with Crippen molar-refractivity contribution in [3.63, 3.8) is 0 Å². The minimum atomic E-state index is 0. The van der Waals surface area contributed by atoms with Crippen molar-refractivity contribution in [1.29, 1.82) is 0 Å². The van der Waals surface area contributed by atoms with Gasteiger partial charge in [-0.05, 0) is 68.4 Å². The number of piperidine rings is 1. The smallest absolute Gasteiger partial charge is 0.246 e. The molecule has 2 aliphatic rings. The molecule has 1 fully saturated rings. The maximum absolute atomic E-state index is 12.6. The summed E-state index contributed by atoms with van der Waals surface area (Å²) in [5, 5.41) is 6.45. The Bertz CT molecular complexity index is 985. The van der Waals surface area contributed by atoms with Crippen LogP contribution in [0.4, 0.5) is 5.82 Å². The number of pyridine rings is 1. The Kier molecular flexibility index (Phi) is 5.90. The van der Waals surface area contributed by atoms with Crippen LogP contribution in [0.25, 0.3) is 12.2 Å². The van der Waals surface area contributed by atoms with E-state index in [2.05, 4.69) is 39.4 Å². The van der Waals surface area contributed by atoms with Gasteiger partial charge in [0.2, 0.25) is 5.91 Å². The number of hydrogen-bond donors (Lipinski definition) is 1. The van der Waals surface area contributed by atoms with Crippen molar-refractivity contribution in [3.05, 3.63) is 63.4 Å². The average molecular weight is 409 g/mol. The Morgan fingerprint density at radius 3 is 2.90 bits per heavy atom. The Morgan fingerprint density at radius 2 is 2.14 bits per heavy atom. The molecule has 0 spiro atoms. The second-order valence-corrected chi connectivity index (χ2v) is 8.67. The zero-order valence-corrected chi connectivity index (χ0v) is 17.6. The highest BCUT2D eigenvalue weighted by atomic mass is 32.1. The number of nitrogens with zero attached hydrogens (tertiary/aromatic N) is 3. The lowest BCUT2D eigenvalue weighted by molar-refractivity contribution is -0.126. The zero-order chi connectivity index (χ0) is 20.2. The van der Waals surface area contributed by atoms with Gasteiger partial charge in [0.15, 0.2) is 0 Å². The zero-order valence-electron chi connectivity index (χ0n) is 16.8. The van der Waals surface area contributed by atoms with Gasteiger partial charge in [0, 0.05) is 37.9 Å². The topological polar surface area (TPSA) is 58.1 Å². The number of anilines is 1. The maximum atomic E-state index is 12.6. The second-order valence-electron chi connectivity index (χ2n) is 7.61. The quantitative estimate of drug-likeness (QED) is 0.720. The molecule has 2 aliphatic heterocycles. The molecule has 2 aromatic rings. The standard InChI is InChI=1S/C23H26N4OS.H2/c1-16-4-3-5-20-12-19(14-24-23(20)25-16)6-7-22(28)27-10-8-18(9-11-27)13-21-15-29-17(2)26-21;/h6-7,12-15H,1,3-5,8-11H2,2H3,(H,24,25);1H/b7-6+;. The molecule has 1 N–H and O–H groups in total. The minimum Gasteiger partial charge on any atom is -0.344 e. The van der Waals surface area contributed by atoms with Gasteiger partial charge in [-0.15, -0.1) is 11.3 Å². The van der Waals surface area contributed by atoms with Gasteiger partial charge in [0.1, 0.15) is 5.82 Å². The molecule has 1 saturated heterocycles. The highest BCUT2D eigenvalue weighted by Crippen LogP contribution is 2.24. The summed E-state index contributed by atoms with van der Waals surface area (Å²) in [5.41, 5.74) is 5.56. The number of thiazole rings is 1. The normalized spacial score (nSPS) is 17.1. The first-order valence-electron chi connectivity index (χ1n) is 10.1. The molecular weight excluding hydrogens is 380 g/mol. The molecular formula is C23H28N4OS. The molecule has 6 heteroatoms. The summed E-state index contributed by atoms with van der Waals surface area (Å²) in [6, 6.07) is 2.12. The van der Waals surface area contributed by atoms with E-state index in [4.69, 9.17) is 0 Å². The molecule has 29 heavy (non-hydrogen) atoms. The van der Waals surface area contributed by atoms with Crippen molar-refractivity contribution >= 4 is 35.2 Å². The van der Waals surface area contributed by atoms with Crippen LogP contribution in [-0.4, -0.2) is 33.9 Å².